The van der Waals surface area contributed by atoms with Crippen LogP contribution in [0.4, 0.5) is 0 Å². The van der Waals surface area contributed by atoms with Crippen LogP contribution in [-0.4, -0.2) is 64.8 Å². The first-order valence-corrected chi connectivity index (χ1v) is 10.3. The summed E-state index contributed by atoms with van der Waals surface area (Å²) < 4.78 is 1.87. The van der Waals surface area contributed by atoms with Gasteiger partial charge in [0.1, 0.15) is 0 Å². The van der Waals surface area contributed by atoms with Gasteiger partial charge in [-0.1, -0.05) is 30.3 Å². The molecule has 2 aromatic heterocycles. The number of hydrogen-bond donors (Lipinski definition) is 2. The van der Waals surface area contributed by atoms with E-state index in [0.717, 1.165) is 55.0 Å². The average Bonchev–Trinajstić information content (AvgIpc) is 3.19. The third-order valence-electron chi connectivity index (χ3n) is 5.29. The van der Waals surface area contributed by atoms with Crippen LogP contribution in [0.5, 0.6) is 0 Å². The molecule has 1 aliphatic heterocycles. The lowest BCUT2D eigenvalue weighted by atomic mass is 10.1. The maximum Gasteiger partial charge on any atom is 0.252 e. The minimum atomic E-state index is -0.0759. The number of hydrogen-bond acceptors (Lipinski definition) is 5. The summed E-state index contributed by atoms with van der Waals surface area (Å²) in [5.41, 5.74) is 3.14. The predicted molar refractivity (Wildman–Crippen MR) is 115 cm³/mol. The Labute approximate surface area is 171 Å². The summed E-state index contributed by atoms with van der Waals surface area (Å²) in [4.78, 5) is 20.3. The summed E-state index contributed by atoms with van der Waals surface area (Å²) in [6.07, 6.45) is 1.75. The molecule has 2 N–H and O–H groups in total. The van der Waals surface area contributed by atoms with Gasteiger partial charge in [-0.05, 0) is 19.9 Å². The van der Waals surface area contributed by atoms with Crippen molar-refractivity contribution in [2.45, 2.75) is 19.9 Å². The smallest absolute Gasteiger partial charge is 0.252 e. The van der Waals surface area contributed by atoms with Crippen molar-refractivity contribution in [3.63, 3.8) is 0 Å². The highest BCUT2D eigenvalue weighted by atomic mass is 16.1. The van der Waals surface area contributed by atoms with Crippen molar-refractivity contribution in [1.82, 2.24) is 30.3 Å². The molecule has 0 aliphatic carbocycles. The van der Waals surface area contributed by atoms with Gasteiger partial charge in [-0.15, -0.1) is 0 Å². The Morgan fingerprint density at radius 3 is 2.69 bits per heavy atom. The number of pyridine rings is 1. The summed E-state index contributed by atoms with van der Waals surface area (Å²) in [5.74, 6) is -0.0759. The molecular formula is C22H28N6O. The number of amides is 1. The molecule has 1 fully saturated rings. The van der Waals surface area contributed by atoms with Crippen LogP contribution in [0, 0.1) is 0 Å². The molecule has 7 heteroatoms. The largest absolute Gasteiger partial charge is 0.351 e. The van der Waals surface area contributed by atoms with Gasteiger partial charge in [0.25, 0.3) is 5.91 Å². The first-order valence-electron chi connectivity index (χ1n) is 10.3. The van der Waals surface area contributed by atoms with Crippen molar-refractivity contribution in [3.8, 4) is 11.3 Å². The van der Waals surface area contributed by atoms with E-state index in [-0.39, 0.29) is 11.9 Å². The van der Waals surface area contributed by atoms with Crippen molar-refractivity contribution < 1.29 is 4.79 Å². The second-order valence-electron chi connectivity index (χ2n) is 7.69. The number of benzene rings is 1. The van der Waals surface area contributed by atoms with Crippen molar-refractivity contribution in [1.29, 1.82) is 0 Å². The van der Waals surface area contributed by atoms with Crippen molar-refractivity contribution in [2.75, 3.05) is 39.3 Å². The van der Waals surface area contributed by atoms with Crippen LogP contribution in [-0.2, 0) is 0 Å². The van der Waals surface area contributed by atoms with Crippen LogP contribution in [0.25, 0.3) is 22.3 Å². The van der Waals surface area contributed by atoms with Gasteiger partial charge >= 0.3 is 0 Å². The molecule has 29 heavy (non-hydrogen) atoms. The van der Waals surface area contributed by atoms with Crippen LogP contribution < -0.4 is 10.6 Å². The number of aromatic nitrogens is 3. The zero-order valence-corrected chi connectivity index (χ0v) is 17.1. The van der Waals surface area contributed by atoms with E-state index in [1.54, 1.807) is 6.20 Å². The molecule has 0 radical (unpaired) electrons. The van der Waals surface area contributed by atoms with Gasteiger partial charge in [-0.25, -0.2) is 9.67 Å². The quantitative estimate of drug-likeness (QED) is 0.673. The Morgan fingerprint density at radius 1 is 1.21 bits per heavy atom. The molecule has 4 rings (SSSR count). The molecule has 152 valence electrons. The van der Waals surface area contributed by atoms with Crippen LogP contribution in [0.2, 0.25) is 0 Å². The van der Waals surface area contributed by atoms with E-state index in [2.05, 4.69) is 34.5 Å². The number of carbonyl (C=O) groups excluding carboxylic acids is 1. The second-order valence-corrected chi connectivity index (χ2v) is 7.69. The minimum Gasteiger partial charge on any atom is -0.351 e. The number of carbonyl (C=O) groups is 1. The molecule has 1 aromatic carbocycles. The molecule has 0 bridgehead atoms. The first kappa shape index (κ1) is 19.5. The highest BCUT2D eigenvalue weighted by Crippen LogP contribution is 2.26. The lowest BCUT2D eigenvalue weighted by Crippen LogP contribution is -2.46. The van der Waals surface area contributed by atoms with Gasteiger partial charge in [0.05, 0.1) is 22.8 Å². The average molecular weight is 393 g/mol. The van der Waals surface area contributed by atoms with E-state index in [0.29, 0.717) is 12.1 Å². The van der Waals surface area contributed by atoms with Crippen molar-refractivity contribution >= 4 is 16.9 Å². The second kappa shape index (κ2) is 8.71. The Kier molecular flexibility index (Phi) is 5.87. The molecule has 3 aromatic rings. The standard InChI is InChI=1S/C22H28N6O/c1-16(2)28-21-19(15-25-28)18(14-20(26-21)17-6-4-3-5-7-17)22(29)24-10-13-27-11-8-23-9-12-27/h3-7,14-16,23H,8-13H2,1-2H3,(H,24,29). The normalized spacial score (nSPS) is 15.1. The van der Waals surface area contributed by atoms with Gasteiger partial charge < -0.3 is 10.6 Å². The summed E-state index contributed by atoms with van der Waals surface area (Å²) in [6, 6.07) is 12.0. The van der Waals surface area contributed by atoms with Gasteiger partial charge in [0, 0.05) is 50.9 Å². The van der Waals surface area contributed by atoms with Crippen LogP contribution in [0.1, 0.15) is 30.2 Å². The summed E-state index contributed by atoms with van der Waals surface area (Å²) in [6.45, 7) is 9.68. The number of nitrogens with one attached hydrogen (secondary N) is 2. The molecule has 0 saturated carbocycles. The fourth-order valence-corrected chi connectivity index (χ4v) is 3.70. The highest BCUT2D eigenvalue weighted by Gasteiger charge is 2.18. The Balaban J connectivity index is 1.62. The molecule has 7 nitrogen and oxygen atoms in total. The summed E-state index contributed by atoms with van der Waals surface area (Å²) in [5, 5.41) is 11.7. The minimum absolute atomic E-state index is 0.0759. The number of fused-ring (bicyclic) bond motifs is 1. The zero-order valence-electron chi connectivity index (χ0n) is 17.1. The lowest BCUT2D eigenvalue weighted by molar-refractivity contribution is 0.0949. The molecule has 1 aliphatic rings. The molecule has 1 saturated heterocycles. The first-order chi connectivity index (χ1) is 14.1. The molecule has 0 unspecified atom stereocenters. The summed E-state index contributed by atoms with van der Waals surface area (Å²) in [7, 11) is 0. The van der Waals surface area contributed by atoms with E-state index in [1.165, 1.54) is 0 Å². The molecular weight excluding hydrogens is 364 g/mol. The van der Waals surface area contributed by atoms with Crippen molar-refractivity contribution in [2.24, 2.45) is 0 Å². The maximum absolute atomic E-state index is 13.1. The Bertz CT molecular complexity index is 976. The molecule has 0 atom stereocenters. The third-order valence-corrected chi connectivity index (χ3v) is 5.29. The van der Waals surface area contributed by atoms with E-state index < -0.39 is 0 Å². The van der Waals surface area contributed by atoms with E-state index >= 15 is 0 Å². The Morgan fingerprint density at radius 2 is 1.97 bits per heavy atom. The molecule has 1 amide bonds. The van der Waals surface area contributed by atoms with E-state index in [4.69, 9.17) is 4.98 Å². The van der Waals surface area contributed by atoms with E-state index in [1.807, 2.05) is 41.1 Å². The Hall–Kier alpha value is -2.77. The fourth-order valence-electron chi connectivity index (χ4n) is 3.70. The van der Waals surface area contributed by atoms with Gasteiger partial charge in [0.15, 0.2) is 5.65 Å². The number of nitrogens with zero attached hydrogens (tertiary/aromatic N) is 4. The molecule has 3 heterocycles. The maximum atomic E-state index is 13.1. The van der Waals surface area contributed by atoms with Gasteiger partial charge in [-0.3, -0.25) is 9.69 Å². The van der Waals surface area contributed by atoms with Gasteiger partial charge in [0.2, 0.25) is 0 Å². The topological polar surface area (TPSA) is 75.1 Å². The van der Waals surface area contributed by atoms with E-state index in [9.17, 15) is 4.79 Å². The SMILES string of the molecule is CC(C)n1ncc2c(C(=O)NCCN3CCNCC3)cc(-c3ccccc3)nc21. The number of rotatable bonds is 6. The predicted octanol–water partition coefficient (Wildman–Crippen LogP) is 2.31. The van der Waals surface area contributed by atoms with Gasteiger partial charge in [-0.2, -0.15) is 5.10 Å². The third kappa shape index (κ3) is 4.31. The molecule has 0 spiro atoms. The highest BCUT2D eigenvalue weighted by molar-refractivity contribution is 6.06. The fraction of sp³-hybridized carbons (Fsp3) is 0.409. The van der Waals surface area contributed by atoms with Crippen molar-refractivity contribution in [3.05, 3.63) is 48.2 Å². The zero-order chi connectivity index (χ0) is 20.2. The lowest BCUT2D eigenvalue weighted by Gasteiger charge is -2.27. The monoisotopic (exact) mass is 392 g/mol. The summed E-state index contributed by atoms with van der Waals surface area (Å²) >= 11 is 0. The van der Waals surface area contributed by atoms with Crippen LogP contribution in [0.3, 0.4) is 0 Å². The van der Waals surface area contributed by atoms with Crippen LogP contribution >= 0.6 is 0 Å². The van der Waals surface area contributed by atoms with Crippen LogP contribution in [0.15, 0.2) is 42.6 Å². The number of piperazine rings is 1.